The van der Waals surface area contributed by atoms with Crippen molar-refractivity contribution in [3.05, 3.63) is 24.3 Å². The molecule has 0 aromatic heterocycles. The zero-order chi connectivity index (χ0) is 14.8. The van der Waals surface area contributed by atoms with Crippen LogP contribution < -0.4 is 10.6 Å². The normalized spacial score (nSPS) is 22.5. The molecule has 1 amide bonds. The summed E-state index contributed by atoms with van der Waals surface area (Å²) in [5.41, 5.74) is 2.03. The van der Waals surface area contributed by atoms with Gasteiger partial charge in [-0.05, 0) is 57.4 Å². The Hall–Kier alpha value is -1.55. The van der Waals surface area contributed by atoms with Crippen LogP contribution in [0.2, 0.25) is 0 Å². The van der Waals surface area contributed by atoms with Gasteiger partial charge in [-0.3, -0.25) is 9.69 Å². The van der Waals surface area contributed by atoms with Gasteiger partial charge in [0.1, 0.15) is 0 Å². The highest BCUT2D eigenvalue weighted by Gasteiger charge is 2.29. The third-order valence-electron chi connectivity index (χ3n) is 4.42. The third-order valence-corrected chi connectivity index (χ3v) is 4.42. The highest BCUT2D eigenvalue weighted by Crippen LogP contribution is 2.30. The molecule has 1 saturated heterocycles. The van der Waals surface area contributed by atoms with Crippen molar-refractivity contribution in [2.75, 3.05) is 23.7 Å². The van der Waals surface area contributed by atoms with Crippen LogP contribution in [-0.2, 0) is 4.79 Å². The van der Waals surface area contributed by atoms with Crippen molar-refractivity contribution >= 4 is 17.3 Å². The van der Waals surface area contributed by atoms with Crippen LogP contribution in [-0.4, -0.2) is 36.0 Å². The number of amides is 1. The number of nitrogens with one attached hydrogen (secondary N) is 2. The van der Waals surface area contributed by atoms with Gasteiger partial charge in [0.05, 0.1) is 0 Å². The summed E-state index contributed by atoms with van der Waals surface area (Å²) in [5, 5.41) is 6.56. The lowest BCUT2D eigenvalue weighted by atomic mass is 10.2. The van der Waals surface area contributed by atoms with Crippen LogP contribution in [0.4, 0.5) is 11.4 Å². The fourth-order valence-electron chi connectivity index (χ4n) is 2.85. The van der Waals surface area contributed by atoms with Gasteiger partial charge in [0.2, 0.25) is 5.91 Å². The zero-order valence-corrected chi connectivity index (χ0v) is 12.9. The van der Waals surface area contributed by atoms with Gasteiger partial charge >= 0.3 is 0 Å². The number of hydrogen-bond donors (Lipinski definition) is 2. The van der Waals surface area contributed by atoms with E-state index in [4.69, 9.17) is 0 Å². The van der Waals surface area contributed by atoms with Crippen LogP contribution >= 0.6 is 0 Å². The van der Waals surface area contributed by atoms with E-state index in [0.717, 1.165) is 30.8 Å². The van der Waals surface area contributed by atoms with E-state index in [-0.39, 0.29) is 11.8 Å². The Morgan fingerprint density at radius 2 is 1.81 bits per heavy atom. The van der Waals surface area contributed by atoms with E-state index in [0.29, 0.717) is 12.1 Å². The number of anilines is 2. The lowest BCUT2D eigenvalue weighted by Crippen LogP contribution is -2.31. The molecule has 1 atom stereocenters. The third kappa shape index (κ3) is 3.76. The number of benzene rings is 1. The van der Waals surface area contributed by atoms with Crippen molar-refractivity contribution in [3.8, 4) is 0 Å². The summed E-state index contributed by atoms with van der Waals surface area (Å²) in [6.07, 6.45) is 3.28. The molecule has 3 rings (SSSR count). The minimum absolute atomic E-state index is 0.166. The molecule has 1 unspecified atom stereocenters. The molecule has 2 fully saturated rings. The molecule has 1 heterocycles. The maximum absolute atomic E-state index is 11.7. The highest BCUT2D eigenvalue weighted by molar-refractivity contribution is 5.94. The molecule has 21 heavy (non-hydrogen) atoms. The molecule has 0 bridgehead atoms. The first-order valence-corrected chi connectivity index (χ1v) is 8.03. The summed E-state index contributed by atoms with van der Waals surface area (Å²) >= 11 is 0. The molecular formula is C17H25N3O. The van der Waals surface area contributed by atoms with Crippen LogP contribution in [0.15, 0.2) is 24.3 Å². The predicted molar refractivity (Wildman–Crippen MR) is 86.5 cm³/mol. The number of nitrogens with zero attached hydrogens (tertiary/aromatic N) is 1. The fraction of sp³-hybridized carbons (Fsp3) is 0.588. The molecule has 4 nitrogen and oxygen atoms in total. The molecular weight excluding hydrogens is 262 g/mol. The Bertz CT molecular complexity index is 493. The average molecular weight is 287 g/mol. The van der Waals surface area contributed by atoms with Crippen molar-refractivity contribution in [2.45, 2.75) is 45.2 Å². The molecule has 2 N–H and O–H groups in total. The Labute approximate surface area is 126 Å². The Kier molecular flexibility index (Phi) is 4.15. The molecule has 2 aliphatic rings. The first kappa shape index (κ1) is 14.4. The molecule has 114 valence electrons. The van der Waals surface area contributed by atoms with E-state index in [1.54, 1.807) is 0 Å². The second kappa shape index (κ2) is 6.06. The van der Waals surface area contributed by atoms with Crippen molar-refractivity contribution < 1.29 is 4.79 Å². The quantitative estimate of drug-likeness (QED) is 0.875. The Balaban J connectivity index is 1.51. The zero-order valence-electron chi connectivity index (χ0n) is 12.9. The molecule has 1 aliphatic heterocycles. The summed E-state index contributed by atoms with van der Waals surface area (Å²) in [4.78, 5) is 14.2. The van der Waals surface area contributed by atoms with E-state index in [9.17, 15) is 4.79 Å². The molecule has 1 saturated carbocycles. The summed E-state index contributed by atoms with van der Waals surface area (Å²) < 4.78 is 0. The largest absolute Gasteiger partial charge is 0.381 e. The van der Waals surface area contributed by atoms with Gasteiger partial charge in [0, 0.05) is 42.5 Å². The topological polar surface area (TPSA) is 44.4 Å². The molecule has 0 spiro atoms. The van der Waals surface area contributed by atoms with E-state index >= 15 is 0 Å². The van der Waals surface area contributed by atoms with E-state index < -0.39 is 0 Å². The lowest BCUT2D eigenvalue weighted by molar-refractivity contribution is -0.117. The molecule has 0 radical (unpaired) electrons. The van der Waals surface area contributed by atoms with Gasteiger partial charge in [0.25, 0.3) is 0 Å². The maximum atomic E-state index is 11.7. The summed E-state index contributed by atoms with van der Waals surface area (Å²) in [6.45, 7) is 6.78. The number of likely N-dealkylation sites (tertiary alicyclic amines) is 1. The van der Waals surface area contributed by atoms with E-state index in [1.807, 2.05) is 12.1 Å². The monoisotopic (exact) mass is 287 g/mol. The van der Waals surface area contributed by atoms with Gasteiger partial charge in [0.15, 0.2) is 0 Å². The minimum atomic E-state index is 0.166. The number of carbonyl (C=O) groups is 1. The number of hydrogen-bond acceptors (Lipinski definition) is 3. The summed E-state index contributed by atoms with van der Waals surface area (Å²) in [7, 11) is 0. The van der Waals surface area contributed by atoms with E-state index in [2.05, 4.69) is 41.5 Å². The van der Waals surface area contributed by atoms with Crippen molar-refractivity contribution in [1.82, 2.24) is 4.90 Å². The standard InChI is InChI=1S/C17H25N3O/c1-12(2)20-10-9-16(11-20)18-14-5-7-15(8-6-14)19-17(21)13-3-4-13/h5-8,12-13,16,18H,3-4,9-11H2,1-2H3,(H,19,21). The Morgan fingerprint density at radius 3 is 2.38 bits per heavy atom. The van der Waals surface area contributed by atoms with Gasteiger partial charge in [-0.2, -0.15) is 0 Å². The second-order valence-electron chi connectivity index (χ2n) is 6.56. The smallest absolute Gasteiger partial charge is 0.227 e. The SMILES string of the molecule is CC(C)N1CCC(Nc2ccc(NC(=O)C3CC3)cc2)C1. The van der Waals surface area contributed by atoms with Crippen LogP contribution in [0, 0.1) is 5.92 Å². The van der Waals surface area contributed by atoms with Crippen LogP contribution in [0.5, 0.6) is 0 Å². The van der Waals surface area contributed by atoms with Crippen molar-refractivity contribution in [2.24, 2.45) is 5.92 Å². The second-order valence-corrected chi connectivity index (χ2v) is 6.56. The minimum Gasteiger partial charge on any atom is -0.381 e. The van der Waals surface area contributed by atoms with Gasteiger partial charge in [-0.15, -0.1) is 0 Å². The van der Waals surface area contributed by atoms with Crippen LogP contribution in [0.3, 0.4) is 0 Å². The molecule has 4 heteroatoms. The van der Waals surface area contributed by atoms with E-state index in [1.165, 1.54) is 13.0 Å². The first-order chi connectivity index (χ1) is 10.1. The molecule has 1 aliphatic carbocycles. The molecule has 1 aromatic rings. The predicted octanol–water partition coefficient (Wildman–Crippen LogP) is 2.93. The van der Waals surface area contributed by atoms with Crippen LogP contribution in [0.25, 0.3) is 0 Å². The Morgan fingerprint density at radius 1 is 1.14 bits per heavy atom. The van der Waals surface area contributed by atoms with Gasteiger partial charge in [-0.25, -0.2) is 0 Å². The van der Waals surface area contributed by atoms with Crippen LogP contribution in [0.1, 0.15) is 33.1 Å². The number of carbonyl (C=O) groups excluding carboxylic acids is 1. The average Bonchev–Trinajstić information content (AvgIpc) is 3.21. The highest BCUT2D eigenvalue weighted by atomic mass is 16.2. The van der Waals surface area contributed by atoms with Crippen molar-refractivity contribution in [1.29, 1.82) is 0 Å². The lowest BCUT2D eigenvalue weighted by Gasteiger charge is -2.21. The van der Waals surface area contributed by atoms with Gasteiger partial charge in [-0.1, -0.05) is 0 Å². The van der Waals surface area contributed by atoms with Crippen molar-refractivity contribution in [3.63, 3.8) is 0 Å². The first-order valence-electron chi connectivity index (χ1n) is 8.03. The summed E-state index contributed by atoms with van der Waals surface area (Å²) in [5.74, 6) is 0.419. The van der Waals surface area contributed by atoms with Gasteiger partial charge < -0.3 is 10.6 Å². The maximum Gasteiger partial charge on any atom is 0.227 e. The summed E-state index contributed by atoms with van der Waals surface area (Å²) in [6, 6.07) is 9.23. The fourth-order valence-corrected chi connectivity index (χ4v) is 2.85. The number of rotatable bonds is 5. The molecule has 1 aromatic carbocycles.